The van der Waals surface area contributed by atoms with E-state index in [4.69, 9.17) is 5.73 Å². The van der Waals surface area contributed by atoms with E-state index in [2.05, 4.69) is 9.71 Å². The minimum absolute atomic E-state index is 0. The van der Waals surface area contributed by atoms with E-state index in [-0.39, 0.29) is 28.9 Å². The fourth-order valence-electron chi connectivity index (χ4n) is 1.81. The van der Waals surface area contributed by atoms with Gasteiger partial charge in [0.2, 0.25) is 10.0 Å². The quantitative estimate of drug-likeness (QED) is 0.728. The summed E-state index contributed by atoms with van der Waals surface area (Å²) in [4.78, 5) is 3.60. The van der Waals surface area contributed by atoms with Gasteiger partial charge in [-0.05, 0) is 25.0 Å². The second kappa shape index (κ2) is 7.69. The van der Waals surface area contributed by atoms with E-state index in [0.717, 1.165) is 12.5 Å². The van der Waals surface area contributed by atoms with Crippen LogP contribution in [0.15, 0.2) is 28.3 Å². The molecule has 0 aliphatic heterocycles. The van der Waals surface area contributed by atoms with Gasteiger partial charge < -0.3 is 5.73 Å². The molecule has 0 bridgehead atoms. The van der Waals surface area contributed by atoms with Crippen LogP contribution in [0, 0.1) is 0 Å². The third-order valence-electron chi connectivity index (χ3n) is 3.49. The van der Waals surface area contributed by atoms with E-state index in [9.17, 15) is 16.8 Å². The molecule has 22 heavy (non-hydrogen) atoms. The Hall–Kier alpha value is -0.740. The van der Waals surface area contributed by atoms with E-state index in [1.54, 1.807) is 0 Å². The fraction of sp³-hybridized carbons (Fsp3) is 0.583. The lowest BCUT2D eigenvalue weighted by Crippen LogP contribution is -2.52. The lowest BCUT2D eigenvalue weighted by Gasteiger charge is -2.30. The molecule has 0 aliphatic carbocycles. The third kappa shape index (κ3) is 4.88. The first kappa shape index (κ1) is 21.3. The molecule has 1 aromatic rings. The summed E-state index contributed by atoms with van der Waals surface area (Å²) >= 11 is 0. The van der Waals surface area contributed by atoms with Gasteiger partial charge in [-0.3, -0.25) is 0 Å². The SMILES string of the molecule is CCC(CC)(CN)NS(=O)(=O)c1ccc(S(C)(=O)=O)nc1.Cl. The number of sulfonamides is 1. The van der Waals surface area contributed by atoms with Gasteiger partial charge in [0.25, 0.3) is 0 Å². The molecule has 128 valence electrons. The molecular weight excluding hydrogens is 350 g/mol. The molecule has 0 atom stereocenters. The number of nitrogens with zero attached hydrogens (tertiary/aromatic N) is 1. The van der Waals surface area contributed by atoms with Crippen molar-refractivity contribution >= 4 is 32.3 Å². The van der Waals surface area contributed by atoms with Gasteiger partial charge in [-0.15, -0.1) is 12.4 Å². The number of hydrogen-bond acceptors (Lipinski definition) is 6. The normalized spacial score (nSPS) is 12.7. The number of nitrogens with two attached hydrogens (primary N) is 1. The first-order chi connectivity index (χ1) is 9.60. The second-order valence-electron chi connectivity index (χ2n) is 4.90. The number of rotatable bonds is 7. The molecule has 0 radical (unpaired) electrons. The number of pyridine rings is 1. The monoisotopic (exact) mass is 371 g/mol. The molecule has 0 saturated heterocycles. The molecule has 0 amide bonds. The number of nitrogens with one attached hydrogen (secondary N) is 1. The van der Waals surface area contributed by atoms with Crippen molar-refractivity contribution in [1.29, 1.82) is 0 Å². The summed E-state index contributed by atoms with van der Waals surface area (Å²) in [5.74, 6) is 0. The predicted octanol–water partition coefficient (Wildman–Crippen LogP) is 0.703. The van der Waals surface area contributed by atoms with Gasteiger partial charge in [0.05, 0.1) is 0 Å². The highest BCUT2D eigenvalue weighted by atomic mass is 35.5. The Morgan fingerprint density at radius 1 is 1.18 bits per heavy atom. The van der Waals surface area contributed by atoms with Crippen molar-refractivity contribution in [1.82, 2.24) is 9.71 Å². The van der Waals surface area contributed by atoms with Crippen molar-refractivity contribution in [3.05, 3.63) is 18.3 Å². The molecule has 1 rings (SSSR count). The maximum absolute atomic E-state index is 12.3. The van der Waals surface area contributed by atoms with Gasteiger partial charge in [-0.25, -0.2) is 26.5 Å². The zero-order valence-electron chi connectivity index (χ0n) is 12.7. The van der Waals surface area contributed by atoms with Crippen molar-refractivity contribution in [3.63, 3.8) is 0 Å². The number of hydrogen-bond donors (Lipinski definition) is 2. The molecule has 0 unspecified atom stereocenters. The topological polar surface area (TPSA) is 119 Å². The standard InChI is InChI=1S/C12H21N3O4S2.ClH/c1-4-12(5-2,9-13)15-21(18,19)10-6-7-11(14-8-10)20(3,16)17;/h6-8,15H,4-5,9,13H2,1-3H3;1H. The Balaban J connectivity index is 0.00000441. The van der Waals surface area contributed by atoms with Crippen LogP contribution in [-0.2, 0) is 19.9 Å². The Morgan fingerprint density at radius 3 is 2.05 bits per heavy atom. The van der Waals surface area contributed by atoms with E-state index in [0.29, 0.717) is 12.8 Å². The van der Waals surface area contributed by atoms with Crippen molar-refractivity contribution < 1.29 is 16.8 Å². The van der Waals surface area contributed by atoms with E-state index in [1.165, 1.54) is 12.1 Å². The van der Waals surface area contributed by atoms with Crippen LogP contribution < -0.4 is 10.5 Å². The highest BCUT2D eigenvalue weighted by Gasteiger charge is 2.31. The van der Waals surface area contributed by atoms with Crippen LogP contribution in [0.1, 0.15) is 26.7 Å². The van der Waals surface area contributed by atoms with Gasteiger partial charge in [-0.1, -0.05) is 13.8 Å². The zero-order chi connectivity index (χ0) is 16.3. The molecule has 3 N–H and O–H groups in total. The Bertz CT molecular complexity index is 675. The minimum atomic E-state index is -3.80. The van der Waals surface area contributed by atoms with Gasteiger partial charge in [0.1, 0.15) is 4.90 Å². The Labute approximate surface area is 138 Å². The van der Waals surface area contributed by atoms with E-state index < -0.39 is 25.4 Å². The molecule has 1 heterocycles. The van der Waals surface area contributed by atoms with Crippen LogP contribution in [0.5, 0.6) is 0 Å². The highest BCUT2D eigenvalue weighted by Crippen LogP contribution is 2.19. The van der Waals surface area contributed by atoms with Gasteiger partial charge in [0, 0.05) is 24.5 Å². The molecule has 1 aromatic heterocycles. The molecule has 0 saturated carbocycles. The van der Waals surface area contributed by atoms with Crippen molar-refractivity contribution in [3.8, 4) is 0 Å². The Kier molecular flexibility index (Phi) is 7.43. The molecule has 10 heteroatoms. The summed E-state index contributed by atoms with van der Waals surface area (Å²) in [6.07, 6.45) is 3.14. The first-order valence-electron chi connectivity index (χ1n) is 6.50. The van der Waals surface area contributed by atoms with Crippen molar-refractivity contribution in [2.24, 2.45) is 5.73 Å². The van der Waals surface area contributed by atoms with Crippen LogP contribution in [0.3, 0.4) is 0 Å². The van der Waals surface area contributed by atoms with Crippen LogP contribution in [0.4, 0.5) is 0 Å². The third-order valence-corrected chi connectivity index (χ3v) is 6.06. The first-order valence-corrected chi connectivity index (χ1v) is 9.88. The predicted molar refractivity (Wildman–Crippen MR) is 87.3 cm³/mol. The number of halogens is 1. The zero-order valence-corrected chi connectivity index (χ0v) is 15.2. The average Bonchev–Trinajstić information content (AvgIpc) is 2.44. The van der Waals surface area contributed by atoms with Crippen molar-refractivity contribution in [2.45, 2.75) is 42.1 Å². The maximum Gasteiger partial charge on any atom is 0.242 e. The second-order valence-corrected chi connectivity index (χ2v) is 8.55. The largest absolute Gasteiger partial charge is 0.329 e. The summed E-state index contributed by atoms with van der Waals surface area (Å²) < 4.78 is 49.9. The summed E-state index contributed by atoms with van der Waals surface area (Å²) in [5.41, 5.74) is 4.96. The van der Waals surface area contributed by atoms with Crippen molar-refractivity contribution in [2.75, 3.05) is 12.8 Å². The number of aromatic nitrogens is 1. The lowest BCUT2D eigenvalue weighted by atomic mass is 9.95. The smallest absolute Gasteiger partial charge is 0.242 e. The average molecular weight is 372 g/mol. The minimum Gasteiger partial charge on any atom is -0.329 e. The summed E-state index contributed by atoms with van der Waals surface area (Å²) in [5, 5.41) is -0.169. The van der Waals surface area contributed by atoms with Crippen LogP contribution >= 0.6 is 12.4 Å². The number of sulfone groups is 1. The Morgan fingerprint density at radius 2 is 1.73 bits per heavy atom. The van der Waals surface area contributed by atoms with E-state index in [1.807, 2.05) is 13.8 Å². The fourth-order valence-corrected chi connectivity index (χ4v) is 3.87. The van der Waals surface area contributed by atoms with Gasteiger partial charge >= 0.3 is 0 Å². The van der Waals surface area contributed by atoms with Gasteiger partial charge in [-0.2, -0.15) is 0 Å². The van der Waals surface area contributed by atoms with Gasteiger partial charge in [0.15, 0.2) is 14.9 Å². The molecule has 0 fully saturated rings. The maximum atomic E-state index is 12.3. The van der Waals surface area contributed by atoms with Crippen LogP contribution in [0.2, 0.25) is 0 Å². The molecule has 0 spiro atoms. The van der Waals surface area contributed by atoms with E-state index >= 15 is 0 Å². The molecule has 0 aliphatic rings. The summed E-state index contributed by atoms with van der Waals surface area (Å²) in [7, 11) is -7.26. The highest BCUT2D eigenvalue weighted by molar-refractivity contribution is 7.90. The summed E-state index contributed by atoms with van der Waals surface area (Å²) in [6.45, 7) is 3.88. The molecule has 0 aromatic carbocycles. The molecule has 7 nitrogen and oxygen atoms in total. The summed E-state index contributed by atoms with van der Waals surface area (Å²) in [6, 6.07) is 2.39. The molecular formula is C12H22ClN3O4S2. The van der Waals surface area contributed by atoms with Crippen LogP contribution in [-0.4, -0.2) is 40.2 Å². The van der Waals surface area contributed by atoms with Crippen LogP contribution in [0.25, 0.3) is 0 Å². The lowest BCUT2D eigenvalue weighted by molar-refractivity contribution is 0.363.